The molecule has 0 unspecified atom stereocenters. The van der Waals surface area contributed by atoms with Crippen LogP contribution in [-0.2, 0) is 27.8 Å². The van der Waals surface area contributed by atoms with Crippen molar-refractivity contribution in [2.75, 3.05) is 19.8 Å². The molecule has 0 radical (unpaired) electrons. The van der Waals surface area contributed by atoms with Crippen molar-refractivity contribution in [2.24, 2.45) is 5.73 Å². The van der Waals surface area contributed by atoms with Crippen LogP contribution in [0.15, 0.2) is 17.2 Å². The first-order chi connectivity index (χ1) is 9.05. The summed E-state index contributed by atoms with van der Waals surface area (Å²) in [6.45, 7) is 6.46. The van der Waals surface area contributed by atoms with Gasteiger partial charge >= 0.3 is 0 Å². The van der Waals surface area contributed by atoms with E-state index in [9.17, 15) is 8.42 Å². The number of ether oxygens (including phenoxy) is 1. The molecule has 0 aliphatic rings. The van der Waals surface area contributed by atoms with Gasteiger partial charge in [0.05, 0.1) is 4.90 Å². The molecule has 0 amide bonds. The maximum atomic E-state index is 12.1. The van der Waals surface area contributed by atoms with Gasteiger partial charge in [0, 0.05) is 44.7 Å². The second-order valence-corrected chi connectivity index (χ2v) is 5.87. The van der Waals surface area contributed by atoms with Crippen LogP contribution in [-0.4, -0.2) is 32.7 Å². The fourth-order valence-corrected chi connectivity index (χ4v) is 2.88. The number of nitrogens with one attached hydrogen (secondary N) is 1. The summed E-state index contributed by atoms with van der Waals surface area (Å²) >= 11 is 0. The van der Waals surface area contributed by atoms with Gasteiger partial charge in [-0.2, -0.15) is 0 Å². The Balaban J connectivity index is 2.64. The predicted molar refractivity (Wildman–Crippen MR) is 74.3 cm³/mol. The van der Waals surface area contributed by atoms with E-state index in [1.54, 1.807) is 12.3 Å². The van der Waals surface area contributed by atoms with E-state index in [0.29, 0.717) is 39.3 Å². The third kappa shape index (κ3) is 4.61. The van der Waals surface area contributed by atoms with Gasteiger partial charge in [-0.05, 0) is 26.3 Å². The van der Waals surface area contributed by atoms with Gasteiger partial charge in [0.25, 0.3) is 0 Å². The zero-order valence-corrected chi connectivity index (χ0v) is 12.4. The van der Waals surface area contributed by atoms with Crippen LogP contribution in [0, 0.1) is 0 Å². The number of aromatic nitrogens is 1. The highest BCUT2D eigenvalue weighted by Gasteiger charge is 2.16. The second kappa shape index (κ2) is 7.64. The number of hydrogen-bond donors (Lipinski definition) is 2. The Hall–Kier alpha value is -0.890. The molecule has 0 aromatic carbocycles. The van der Waals surface area contributed by atoms with Crippen LogP contribution in [0.3, 0.4) is 0 Å². The number of nitrogens with two attached hydrogens (primary N) is 1. The minimum atomic E-state index is -3.45. The molecule has 7 heteroatoms. The Labute approximate surface area is 115 Å². The third-order valence-electron chi connectivity index (χ3n) is 2.78. The summed E-state index contributed by atoms with van der Waals surface area (Å²) in [5.41, 5.74) is 6.40. The molecule has 0 saturated heterocycles. The van der Waals surface area contributed by atoms with Crippen molar-refractivity contribution in [1.29, 1.82) is 0 Å². The molecule has 6 nitrogen and oxygen atoms in total. The lowest BCUT2D eigenvalue weighted by Crippen LogP contribution is -2.25. The molecule has 1 heterocycles. The van der Waals surface area contributed by atoms with Crippen molar-refractivity contribution in [3.8, 4) is 0 Å². The second-order valence-electron chi connectivity index (χ2n) is 4.11. The van der Waals surface area contributed by atoms with Crippen molar-refractivity contribution >= 4 is 10.0 Å². The lowest BCUT2D eigenvalue weighted by molar-refractivity contribution is 0.146. The number of aryl methyl sites for hydroxylation is 1. The smallest absolute Gasteiger partial charge is 0.242 e. The Morgan fingerprint density at radius 2 is 2.16 bits per heavy atom. The van der Waals surface area contributed by atoms with Crippen LogP contribution >= 0.6 is 0 Å². The van der Waals surface area contributed by atoms with Gasteiger partial charge in [0.15, 0.2) is 0 Å². The monoisotopic (exact) mass is 289 g/mol. The van der Waals surface area contributed by atoms with E-state index in [0.717, 1.165) is 5.69 Å². The van der Waals surface area contributed by atoms with Crippen LogP contribution in [0.2, 0.25) is 0 Å². The first-order valence-corrected chi connectivity index (χ1v) is 8.00. The zero-order chi connectivity index (χ0) is 14.3. The molecule has 1 aromatic heterocycles. The standard InChI is InChI=1S/C12H23N3O3S/c1-3-15-10-12(8-11(15)9-13)19(16,17)14-6-5-7-18-4-2/h8,10,14H,3-7,9,13H2,1-2H3. The van der Waals surface area contributed by atoms with Gasteiger partial charge in [-0.3, -0.25) is 0 Å². The van der Waals surface area contributed by atoms with Crippen molar-refractivity contribution in [3.05, 3.63) is 18.0 Å². The Morgan fingerprint density at radius 1 is 1.42 bits per heavy atom. The van der Waals surface area contributed by atoms with Crippen molar-refractivity contribution in [3.63, 3.8) is 0 Å². The molecule has 0 aliphatic carbocycles. The normalized spacial score (nSPS) is 11.9. The van der Waals surface area contributed by atoms with Gasteiger partial charge in [0.1, 0.15) is 0 Å². The van der Waals surface area contributed by atoms with Crippen molar-refractivity contribution < 1.29 is 13.2 Å². The lowest BCUT2D eigenvalue weighted by Gasteiger charge is -2.05. The van der Waals surface area contributed by atoms with Gasteiger partial charge in [-0.25, -0.2) is 13.1 Å². The first-order valence-electron chi connectivity index (χ1n) is 6.51. The number of hydrogen-bond acceptors (Lipinski definition) is 4. The SMILES string of the molecule is CCOCCCNS(=O)(=O)c1cc(CN)n(CC)c1. The Bertz CT molecular complexity index is 461. The van der Waals surface area contributed by atoms with E-state index in [2.05, 4.69) is 4.72 Å². The Morgan fingerprint density at radius 3 is 2.68 bits per heavy atom. The van der Waals surface area contributed by atoms with Crippen LogP contribution in [0.1, 0.15) is 26.0 Å². The number of sulfonamides is 1. The summed E-state index contributed by atoms with van der Waals surface area (Å²) in [4.78, 5) is 0.270. The van der Waals surface area contributed by atoms with Gasteiger partial charge in [-0.15, -0.1) is 0 Å². The summed E-state index contributed by atoms with van der Waals surface area (Å²) in [7, 11) is -3.45. The largest absolute Gasteiger partial charge is 0.382 e. The van der Waals surface area contributed by atoms with E-state index in [1.165, 1.54) is 0 Å². The summed E-state index contributed by atoms with van der Waals surface area (Å²) < 4.78 is 33.7. The zero-order valence-electron chi connectivity index (χ0n) is 11.6. The lowest BCUT2D eigenvalue weighted by atomic mass is 10.4. The summed E-state index contributed by atoms with van der Waals surface area (Å²) in [6, 6.07) is 1.62. The number of nitrogens with zero attached hydrogens (tertiary/aromatic N) is 1. The predicted octanol–water partition coefficient (Wildman–Crippen LogP) is 0.672. The van der Waals surface area contributed by atoms with Crippen molar-refractivity contribution in [2.45, 2.75) is 38.3 Å². The van der Waals surface area contributed by atoms with E-state index in [-0.39, 0.29) is 4.90 Å². The maximum absolute atomic E-state index is 12.1. The van der Waals surface area contributed by atoms with Crippen LogP contribution < -0.4 is 10.5 Å². The number of rotatable bonds is 9. The molecule has 0 atom stereocenters. The molecular weight excluding hydrogens is 266 g/mol. The highest BCUT2D eigenvalue weighted by atomic mass is 32.2. The molecule has 0 bridgehead atoms. The quantitative estimate of drug-likeness (QED) is 0.654. The topological polar surface area (TPSA) is 86.3 Å². The average Bonchev–Trinajstić information content (AvgIpc) is 2.82. The molecule has 1 aromatic rings. The van der Waals surface area contributed by atoms with Crippen molar-refractivity contribution in [1.82, 2.24) is 9.29 Å². The van der Waals surface area contributed by atoms with E-state index in [4.69, 9.17) is 10.5 Å². The van der Waals surface area contributed by atoms with Gasteiger partial charge in [-0.1, -0.05) is 0 Å². The molecule has 0 fully saturated rings. The molecular formula is C12H23N3O3S. The minimum Gasteiger partial charge on any atom is -0.382 e. The van der Waals surface area contributed by atoms with Crippen LogP contribution in [0.4, 0.5) is 0 Å². The van der Waals surface area contributed by atoms with E-state index >= 15 is 0 Å². The summed E-state index contributed by atoms with van der Waals surface area (Å²) in [5.74, 6) is 0. The molecule has 0 saturated carbocycles. The third-order valence-corrected chi connectivity index (χ3v) is 4.21. The van der Waals surface area contributed by atoms with E-state index in [1.807, 2.05) is 18.4 Å². The maximum Gasteiger partial charge on any atom is 0.242 e. The van der Waals surface area contributed by atoms with Crippen LogP contribution in [0.25, 0.3) is 0 Å². The van der Waals surface area contributed by atoms with Gasteiger partial charge in [0.2, 0.25) is 10.0 Å². The average molecular weight is 289 g/mol. The fraction of sp³-hybridized carbons (Fsp3) is 0.667. The first kappa shape index (κ1) is 16.2. The molecule has 1 rings (SSSR count). The fourth-order valence-electron chi connectivity index (χ4n) is 1.75. The molecule has 0 spiro atoms. The highest BCUT2D eigenvalue weighted by Crippen LogP contribution is 2.14. The molecule has 19 heavy (non-hydrogen) atoms. The minimum absolute atomic E-state index is 0.270. The van der Waals surface area contributed by atoms with Crippen LogP contribution in [0.5, 0.6) is 0 Å². The Kier molecular flexibility index (Phi) is 6.50. The van der Waals surface area contributed by atoms with Gasteiger partial charge < -0.3 is 15.0 Å². The van der Waals surface area contributed by atoms with E-state index < -0.39 is 10.0 Å². The summed E-state index contributed by atoms with van der Waals surface area (Å²) in [6.07, 6.45) is 2.28. The molecule has 3 N–H and O–H groups in total. The highest BCUT2D eigenvalue weighted by molar-refractivity contribution is 7.89. The summed E-state index contributed by atoms with van der Waals surface area (Å²) in [5, 5.41) is 0. The molecule has 110 valence electrons. The molecule has 0 aliphatic heterocycles.